The van der Waals surface area contributed by atoms with Gasteiger partial charge >= 0.3 is 0 Å². The average Bonchev–Trinajstić information content (AvgIpc) is 2.22. The van der Waals surface area contributed by atoms with Gasteiger partial charge in [-0.15, -0.1) is 0 Å². The summed E-state index contributed by atoms with van der Waals surface area (Å²) in [6.45, 7) is 4.11. The fourth-order valence-electron chi connectivity index (χ4n) is 1.95. The van der Waals surface area contributed by atoms with Crippen molar-refractivity contribution < 1.29 is 4.39 Å². The zero-order valence-corrected chi connectivity index (χ0v) is 10.8. The van der Waals surface area contributed by atoms with Gasteiger partial charge in [-0.25, -0.2) is 4.39 Å². The molecule has 1 saturated carbocycles. The number of hydrogen-bond acceptors (Lipinski definition) is 2. The molecule has 1 aromatic carbocycles. The SMILES string of the molecule is CC(C)N(C)c1ccc(NC2CCC2)cc1F. The highest BCUT2D eigenvalue weighted by molar-refractivity contribution is 5.56. The molecule has 0 amide bonds. The first kappa shape index (κ1) is 12.2. The van der Waals surface area contributed by atoms with Gasteiger partial charge in [0.15, 0.2) is 0 Å². The van der Waals surface area contributed by atoms with Crippen LogP contribution in [0.3, 0.4) is 0 Å². The number of halogens is 1. The van der Waals surface area contributed by atoms with E-state index in [1.54, 1.807) is 6.07 Å². The van der Waals surface area contributed by atoms with Gasteiger partial charge in [0.1, 0.15) is 5.82 Å². The second-order valence-corrected chi connectivity index (χ2v) is 5.14. The normalized spacial score (nSPS) is 15.8. The predicted octanol–water partition coefficient (Wildman–Crippen LogP) is 3.63. The summed E-state index contributed by atoms with van der Waals surface area (Å²) in [6, 6.07) is 6.27. The summed E-state index contributed by atoms with van der Waals surface area (Å²) in [5.74, 6) is -0.148. The Balaban J connectivity index is 2.10. The molecule has 1 fully saturated rings. The van der Waals surface area contributed by atoms with Gasteiger partial charge in [-0.05, 0) is 51.3 Å². The maximum Gasteiger partial charge on any atom is 0.148 e. The van der Waals surface area contributed by atoms with E-state index in [9.17, 15) is 4.39 Å². The second-order valence-electron chi connectivity index (χ2n) is 5.14. The van der Waals surface area contributed by atoms with Gasteiger partial charge in [0, 0.05) is 24.8 Å². The zero-order chi connectivity index (χ0) is 12.4. The summed E-state index contributed by atoms with van der Waals surface area (Å²) in [6.07, 6.45) is 3.69. The van der Waals surface area contributed by atoms with E-state index in [0.717, 1.165) is 5.69 Å². The summed E-state index contributed by atoms with van der Waals surface area (Å²) < 4.78 is 14.0. The lowest BCUT2D eigenvalue weighted by Crippen LogP contribution is -2.28. The molecular formula is C14H21FN2. The molecule has 0 radical (unpaired) electrons. The van der Waals surface area contributed by atoms with Crippen molar-refractivity contribution in [3.63, 3.8) is 0 Å². The van der Waals surface area contributed by atoms with Gasteiger partial charge < -0.3 is 10.2 Å². The van der Waals surface area contributed by atoms with Gasteiger partial charge in [-0.2, -0.15) is 0 Å². The van der Waals surface area contributed by atoms with Crippen LogP contribution in [0.2, 0.25) is 0 Å². The first-order valence-electron chi connectivity index (χ1n) is 6.37. The topological polar surface area (TPSA) is 15.3 Å². The molecule has 0 saturated heterocycles. The number of benzene rings is 1. The molecule has 0 aromatic heterocycles. The van der Waals surface area contributed by atoms with E-state index in [-0.39, 0.29) is 5.82 Å². The van der Waals surface area contributed by atoms with Gasteiger partial charge in [0.05, 0.1) is 5.69 Å². The Labute approximate surface area is 103 Å². The molecule has 0 atom stereocenters. The Morgan fingerprint density at radius 3 is 2.53 bits per heavy atom. The van der Waals surface area contributed by atoms with E-state index in [2.05, 4.69) is 19.2 Å². The number of hydrogen-bond donors (Lipinski definition) is 1. The minimum absolute atomic E-state index is 0.148. The third-order valence-corrected chi connectivity index (χ3v) is 3.58. The summed E-state index contributed by atoms with van der Waals surface area (Å²) in [4.78, 5) is 1.95. The van der Waals surface area contributed by atoms with Crippen molar-refractivity contribution in [3.8, 4) is 0 Å². The Hall–Kier alpha value is -1.25. The quantitative estimate of drug-likeness (QED) is 0.858. The van der Waals surface area contributed by atoms with E-state index in [4.69, 9.17) is 0 Å². The molecule has 0 heterocycles. The second kappa shape index (κ2) is 4.94. The molecule has 17 heavy (non-hydrogen) atoms. The van der Waals surface area contributed by atoms with Crippen LogP contribution in [0.15, 0.2) is 18.2 Å². The maximum atomic E-state index is 14.0. The Morgan fingerprint density at radius 1 is 1.35 bits per heavy atom. The highest BCUT2D eigenvalue weighted by atomic mass is 19.1. The standard InChI is InChI=1S/C14H21FN2/c1-10(2)17(3)14-8-7-12(9-13(14)15)16-11-5-4-6-11/h7-11,16H,4-6H2,1-3H3. The van der Waals surface area contributed by atoms with Crippen LogP contribution in [0.5, 0.6) is 0 Å². The highest BCUT2D eigenvalue weighted by Crippen LogP contribution is 2.27. The summed E-state index contributed by atoms with van der Waals surface area (Å²) in [7, 11) is 1.92. The smallest absolute Gasteiger partial charge is 0.148 e. The van der Waals surface area contributed by atoms with Crippen LogP contribution < -0.4 is 10.2 Å². The Morgan fingerprint density at radius 2 is 2.06 bits per heavy atom. The predicted molar refractivity (Wildman–Crippen MR) is 71.2 cm³/mol. The first-order valence-corrected chi connectivity index (χ1v) is 6.37. The molecule has 3 heteroatoms. The number of rotatable bonds is 4. The number of nitrogens with zero attached hydrogens (tertiary/aromatic N) is 1. The zero-order valence-electron chi connectivity index (χ0n) is 10.8. The van der Waals surface area contributed by atoms with Crippen molar-refractivity contribution in [2.45, 2.75) is 45.2 Å². The first-order chi connectivity index (χ1) is 8.08. The van der Waals surface area contributed by atoms with Crippen molar-refractivity contribution in [2.75, 3.05) is 17.3 Å². The van der Waals surface area contributed by atoms with Crippen molar-refractivity contribution in [1.82, 2.24) is 0 Å². The van der Waals surface area contributed by atoms with Crippen molar-refractivity contribution in [3.05, 3.63) is 24.0 Å². The monoisotopic (exact) mass is 236 g/mol. The van der Waals surface area contributed by atoms with Crippen molar-refractivity contribution in [1.29, 1.82) is 0 Å². The Bertz CT molecular complexity index is 386. The molecule has 0 bridgehead atoms. The number of nitrogens with one attached hydrogen (secondary N) is 1. The van der Waals surface area contributed by atoms with Crippen LogP contribution in [-0.2, 0) is 0 Å². The molecule has 0 spiro atoms. The van der Waals surface area contributed by atoms with Crippen LogP contribution in [0.1, 0.15) is 33.1 Å². The van der Waals surface area contributed by atoms with Crippen molar-refractivity contribution in [2.24, 2.45) is 0 Å². The molecule has 2 rings (SSSR count). The molecule has 0 unspecified atom stereocenters. The molecule has 1 aromatic rings. The van der Waals surface area contributed by atoms with E-state index in [0.29, 0.717) is 17.8 Å². The van der Waals surface area contributed by atoms with Crippen LogP contribution in [0.4, 0.5) is 15.8 Å². The molecular weight excluding hydrogens is 215 g/mol. The summed E-state index contributed by atoms with van der Waals surface area (Å²) in [5, 5.41) is 3.36. The third-order valence-electron chi connectivity index (χ3n) is 3.58. The molecule has 2 nitrogen and oxygen atoms in total. The molecule has 1 aliphatic rings. The van der Waals surface area contributed by atoms with E-state index < -0.39 is 0 Å². The molecule has 0 aliphatic heterocycles. The fourth-order valence-corrected chi connectivity index (χ4v) is 1.95. The van der Waals surface area contributed by atoms with Crippen LogP contribution in [-0.4, -0.2) is 19.1 Å². The molecule has 1 N–H and O–H groups in total. The molecule has 1 aliphatic carbocycles. The minimum atomic E-state index is -0.148. The van der Waals surface area contributed by atoms with E-state index in [1.807, 2.05) is 24.1 Å². The lowest BCUT2D eigenvalue weighted by atomic mass is 9.93. The lowest BCUT2D eigenvalue weighted by molar-refractivity contribution is 0.445. The molecule has 94 valence electrons. The van der Waals surface area contributed by atoms with Crippen LogP contribution in [0.25, 0.3) is 0 Å². The fraction of sp³-hybridized carbons (Fsp3) is 0.571. The average molecular weight is 236 g/mol. The summed E-state index contributed by atoms with van der Waals surface area (Å²) in [5.41, 5.74) is 1.56. The van der Waals surface area contributed by atoms with Crippen LogP contribution >= 0.6 is 0 Å². The van der Waals surface area contributed by atoms with Crippen LogP contribution in [0, 0.1) is 5.82 Å². The van der Waals surface area contributed by atoms with Gasteiger partial charge in [0.25, 0.3) is 0 Å². The van der Waals surface area contributed by atoms with Crippen molar-refractivity contribution >= 4 is 11.4 Å². The highest BCUT2D eigenvalue weighted by Gasteiger charge is 2.17. The van der Waals surface area contributed by atoms with E-state index in [1.165, 1.54) is 19.3 Å². The van der Waals surface area contributed by atoms with E-state index >= 15 is 0 Å². The third kappa shape index (κ3) is 2.71. The van der Waals surface area contributed by atoms with Gasteiger partial charge in [-0.3, -0.25) is 0 Å². The maximum absolute atomic E-state index is 14.0. The van der Waals surface area contributed by atoms with Gasteiger partial charge in [-0.1, -0.05) is 0 Å². The lowest BCUT2D eigenvalue weighted by Gasteiger charge is -2.28. The Kier molecular flexibility index (Phi) is 3.55. The summed E-state index contributed by atoms with van der Waals surface area (Å²) >= 11 is 0. The minimum Gasteiger partial charge on any atom is -0.382 e. The van der Waals surface area contributed by atoms with Gasteiger partial charge in [0.2, 0.25) is 0 Å². The number of anilines is 2. The largest absolute Gasteiger partial charge is 0.382 e.